The number of hydrogen-bond acceptors (Lipinski definition) is 5. The molecule has 190 valence electrons. The van der Waals surface area contributed by atoms with E-state index in [9.17, 15) is 18.0 Å². The van der Waals surface area contributed by atoms with Gasteiger partial charge in [0.05, 0.1) is 40.9 Å². The number of pyridine rings is 1. The van der Waals surface area contributed by atoms with Gasteiger partial charge in [0.1, 0.15) is 17.5 Å². The maximum absolute atomic E-state index is 15.5. The molecule has 2 aromatic carbocycles. The maximum atomic E-state index is 15.5. The van der Waals surface area contributed by atoms with Gasteiger partial charge >= 0.3 is 0 Å². The van der Waals surface area contributed by atoms with E-state index in [4.69, 9.17) is 10.5 Å². The molecule has 0 unspecified atom stereocenters. The summed E-state index contributed by atoms with van der Waals surface area (Å²) in [4.78, 5) is 19.1. The summed E-state index contributed by atoms with van der Waals surface area (Å²) in [6, 6.07) is 5.23. The van der Waals surface area contributed by atoms with Gasteiger partial charge in [-0.3, -0.25) is 9.78 Å². The molecule has 1 aliphatic rings. The molecule has 1 saturated heterocycles. The van der Waals surface area contributed by atoms with Crippen molar-refractivity contribution in [1.29, 1.82) is 0 Å². The summed E-state index contributed by atoms with van der Waals surface area (Å²) >= 11 is 0. The van der Waals surface area contributed by atoms with Crippen LogP contribution in [-0.2, 0) is 0 Å². The Kier molecular flexibility index (Phi) is 7.44. The molecule has 2 heterocycles. The van der Waals surface area contributed by atoms with Gasteiger partial charge in [-0.05, 0) is 49.6 Å². The third-order valence-electron chi connectivity index (χ3n) is 6.02. The zero-order valence-electron chi connectivity index (χ0n) is 19.8. The monoisotopic (exact) mass is 502 g/mol. The van der Waals surface area contributed by atoms with Crippen LogP contribution in [0.2, 0.25) is 0 Å². The van der Waals surface area contributed by atoms with Gasteiger partial charge in [0.2, 0.25) is 0 Å². The molecule has 4 rings (SSSR count). The fraction of sp³-hybridized carbons (Fsp3) is 0.308. The zero-order chi connectivity index (χ0) is 26.0. The minimum absolute atomic E-state index is 0.0557. The Labute approximate surface area is 206 Å². The van der Waals surface area contributed by atoms with Crippen LogP contribution in [0.1, 0.15) is 30.6 Å². The summed E-state index contributed by atoms with van der Waals surface area (Å²) in [5, 5.41) is 2.60. The lowest BCUT2D eigenvalue weighted by Gasteiger charge is -2.37. The highest BCUT2D eigenvalue weighted by molar-refractivity contribution is 6.06. The number of ether oxygens (including phenoxy) is 1. The average Bonchev–Trinajstić information content (AvgIpc) is 2.82. The van der Waals surface area contributed by atoms with E-state index >= 15 is 4.39 Å². The molecule has 10 heteroatoms. The Hall–Kier alpha value is -3.66. The molecule has 1 fully saturated rings. The Morgan fingerprint density at radius 1 is 1.08 bits per heavy atom. The number of nitrogens with two attached hydrogens (primary N) is 1. The molecule has 3 aromatic rings. The van der Waals surface area contributed by atoms with E-state index in [2.05, 4.69) is 17.2 Å². The SMILES string of the molecule is CCOc1ccc(F)c(-c2c(F)ccc(C(=O)Nc3cnccc3N3C[C@H](C)C[C@H](N)C3)c2F)c1F. The van der Waals surface area contributed by atoms with E-state index in [0.717, 1.165) is 30.7 Å². The fourth-order valence-corrected chi connectivity index (χ4v) is 4.53. The molecule has 3 N–H and O–H groups in total. The van der Waals surface area contributed by atoms with Crippen LogP contribution in [-0.4, -0.2) is 36.6 Å². The number of aromatic nitrogens is 1. The molecular formula is C26H26F4N4O2. The number of amides is 1. The highest BCUT2D eigenvalue weighted by Gasteiger charge is 2.28. The number of benzene rings is 2. The number of anilines is 2. The molecular weight excluding hydrogens is 476 g/mol. The molecule has 1 amide bonds. The lowest BCUT2D eigenvalue weighted by Crippen LogP contribution is -2.46. The van der Waals surface area contributed by atoms with E-state index in [-0.39, 0.29) is 18.4 Å². The van der Waals surface area contributed by atoms with Crippen molar-refractivity contribution in [3.63, 3.8) is 0 Å². The van der Waals surface area contributed by atoms with E-state index in [1.54, 1.807) is 19.2 Å². The summed E-state index contributed by atoms with van der Waals surface area (Å²) in [5.74, 6) is -6.07. The van der Waals surface area contributed by atoms with Crippen LogP contribution in [0.3, 0.4) is 0 Å². The summed E-state index contributed by atoms with van der Waals surface area (Å²) in [5.41, 5.74) is 4.55. The van der Waals surface area contributed by atoms with E-state index in [1.807, 2.05) is 4.90 Å². The molecule has 0 aliphatic carbocycles. The van der Waals surface area contributed by atoms with Gasteiger partial charge in [-0.15, -0.1) is 0 Å². The van der Waals surface area contributed by atoms with Crippen LogP contribution in [0.25, 0.3) is 11.1 Å². The van der Waals surface area contributed by atoms with Crippen molar-refractivity contribution in [3.8, 4) is 16.9 Å². The summed E-state index contributed by atoms with van der Waals surface area (Å²) < 4.78 is 64.8. The Balaban J connectivity index is 1.71. The van der Waals surface area contributed by atoms with Gasteiger partial charge in [0.15, 0.2) is 11.6 Å². The van der Waals surface area contributed by atoms with E-state index in [0.29, 0.717) is 30.4 Å². The third-order valence-corrected chi connectivity index (χ3v) is 6.02. The zero-order valence-corrected chi connectivity index (χ0v) is 19.8. The number of halogens is 4. The van der Waals surface area contributed by atoms with Gasteiger partial charge < -0.3 is 20.7 Å². The maximum Gasteiger partial charge on any atom is 0.258 e. The number of carbonyl (C=O) groups excluding carboxylic acids is 1. The minimum atomic E-state index is -1.40. The predicted molar refractivity (Wildman–Crippen MR) is 129 cm³/mol. The normalized spacial score (nSPS) is 17.7. The highest BCUT2D eigenvalue weighted by atomic mass is 19.1. The smallest absolute Gasteiger partial charge is 0.258 e. The van der Waals surface area contributed by atoms with Gasteiger partial charge in [-0.25, -0.2) is 17.6 Å². The van der Waals surface area contributed by atoms with Gasteiger partial charge in [-0.1, -0.05) is 6.92 Å². The van der Waals surface area contributed by atoms with E-state index in [1.165, 1.54) is 6.20 Å². The van der Waals surface area contributed by atoms with E-state index < -0.39 is 45.9 Å². The van der Waals surface area contributed by atoms with Gasteiger partial charge in [0, 0.05) is 25.3 Å². The van der Waals surface area contributed by atoms with Crippen molar-refractivity contribution in [1.82, 2.24) is 4.98 Å². The van der Waals surface area contributed by atoms with Crippen LogP contribution in [0.5, 0.6) is 5.75 Å². The van der Waals surface area contributed by atoms with Gasteiger partial charge in [-0.2, -0.15) is 0 Å². The van der Waals surface area contributed by atoms with Crippen molar-refractivity contribution in [2.75, 3.05) is 29.9 Å². The number of carbonyl (C=O) groups is 1. The topological polar surface area (TPSA) is 80.5 Å². The second-order valence-electron chi connectivity index (χ2n) is 8.80. The average molecular weight is 503 g/mol. The third kappa shape index (κ3) is 4.99. The summed E-state index contributed by atoms with van der Waals surface area (Å²) in [6.45, 7) is 4.97. The Morgan fingerprint density at radius 3 is 2.47 bits per heavy atom. The lowest BCUT2D eigenvalue weighted by atomic mass is 9.96. The van der Waals surface area contributed by atoms with Crippen molar-refractivity contribution in [3.05, 3.63) is 71.6 Å². The van der Waals surface area contributed by atoms with Crippen LogP contribution in [0.4, 0.5) is 28.9 Å². The van der Waals surface area contributed by atoms with Crippen molar-refractivity contribution in [2.24, 2.45) is 11.7 Å². The van der Waals surface area contributed by atoms with Crippen LogP contribution in [0.15, 0.2) is 42.7 Å². The number of nitrogens with one attached hydrogen (secondary N) is 1. The quantitative estimate of drug-likeness (QED) is 0.457. The standard InChI is InChI=1S/C26H26F4N4O2/c1-3-36-21-7-6-18(28)23(25(21)30)22-17(27)5-4-16(24(22)29)26(35)33-19-11-32-9-8-20(19)34-12-14(2)10-15(31)13-34/h4-9,11,14-15H,3,10,12-13,31H2,1-2H3,(H,33,35)/t14-,15+/m1/s1. The number of piperidine rings is 1. The first-order chi connectivity index (χ1) is 17.2. The van der Waals surface area contributed by atoms with Gasteiger partial charge in [0.25, 0.3) is 5.91 Å². The first-order valence-corrected chi connectivity index (χ1v) is 11.6. The number of rotatable bonds is 6. The fourth-order valence-electron chi connectivity index (χ4n) is 4.53. The second-order valence-corrected chi connectivity index (χ2v) is 8.80. The second kappa shape index (κ2) is 10.5. The molecule has 0 radical (unpaired) electrons. The Bertz CT molecular complexity index is 1280. The molecule has 1 aromatic heterocycles. The number of hydrogen-bond donors (Lipinski definition) is 2. The lowest BCUT2D eigenvalue weighted by molar-refractivity contribution is 0.102. The highest BCUT2D eigenvalue weighted by Crippen LogP contribution is 2.37. The summed E-state index contributed by atoms with van der Waals surface area (Å²) in [6.07, 6.45) is 3.83. The van der Waals surface area contributed by atoms with Crippen LogP contribution < -0.4 is 20.7 Å². The molecule has 2 atom stereocenters. The van der Waals surface area contributed by atoms with Crippen molar-refractivity contribution >= 4 is 17.3 Å². The number of nitrogens with zero attached hydrogens (tertiary/aromatic N) is 2. The van der Waals surface area contributed by atoms with Crippen molar-refractivity contribution in [2.45, 2.75) is 26.3 Å². The molecule has 1 aliphatic heterocycles. The minimum Gasteiger partial charge on any atom is -0.491 e. The first kappa shape index (κ1) is 25.4. The molecule has 0 spiro atoms. The summed E-state index contributed by atoms with van der Waals surface area (Å²) in [7, 11) is 0. The molecule has 0 saturated carbocycles. The van der Waals surface area contributed by atoms with Crippen LogP contribution in [0, 0.1) is 29.2 Å². The largest absolute Gasteiger partial charge is 0.491 e. The predicted octanol–water partition coefficient (Wildman–Crippen LogP) is 5.13. The van der Waals surface area contributed by atoms with Crippen LogP contribution >= 0.6 is 0 Å². The molecule has 0 bridgehead atoms. The molecule has 36 heavy (non-hydrogen) atoms. The first-order valence-electron chi connectivity index (χ1n) is 11.6. The Morgan fingerprint density at radius 2 is 1.78 bits per heavy atom. The van der Waals surface area contributed by atoms with Crippen molar-refractivity contribution < 1.29 is 27.1 Å². The molecule has 6 nitrogen and oxygen atoms in total.